The average molecular weight is 244 g/mol. The molecule has 0 radical (unpaired) electrons. The summed E-state index contributed by atoms with van der Waals surface area (Å²) in [6.07, 6.45) is 4.79. The van der Waals surface area contributed by atoms with Crippen LogP contribution >= 0.6 is 22.9 Å². The number of alkyl halides is 1. The first-order valence-corrected chi connectivity index (χ1v) is 6.62. The molecular formula is C11H14ClNOS. The minimum absolute atomic E-state index is 0.0232. The van der Waals surface area contributed by atoms with Gasteiger partial charge >= 0.3 is 0 Å². The Morgan fingerprint density at radius 1 is 1.47 bits per heavy atom. The fourth-order valence-electron chi connectivity index (χ4n) is 1.85. The Balaban J connectivity index is 2.08. The smallest absolute Gasteiger partial charge is 0.261 e. The van der Waals surface area contributed by atoms with E-state index in [1.54, 1.807) is 11.3 Å². The molecule has 1 aromatic heterocycles. The number of fused-ring (bicyclic) bond motifs is 1. The number of rotatable bonds is 3. The molecule has 2 nitrogen and oxygen atoms in total. The van der Waals surface area contributed by atoms with E-state index in [0.29, 0.717) is 12.4 Å². The zero-order valence-electron chi connectivity index (χ0n) is 8.51. The first-order chi connectivity index (χ1) is 7.31. The van der Waals surface area contributed by atoms with Crippen molar-refractivity contribution in [1.29, 1.82) is 0 Å². The predicted octanol–water partition coefficient (Wildman–Crippen LogP) is 2.60. The summed E-state index contributed by atoms with van der Waals surface area (Å²) < 4.78 is 0. The summed E-state index contributed by atoms with van der Waals surface area (Å²) in [4.78, 5) is 13.9. The van der Waals surface area contributed by atoms with Crippen molar-refractivity contribution in [3.63, 3.8) is 0 Å². The van der Waals surface area contributed by atoms with Crippen LogP contribution in [0.4, 0.5) is 0 Å². The van der Waals surface area contributed by atoms with Gasteiger partial charge in [-0.25, -0.2) is 0 Å². The van der Waals surface area contributed by atoms with Gasteiger partial charge in [0.1, 0.15) is 0 Å². The molecule has 0 aliphatic heterocycles. The molecule has 0 aromatic carbocycles. The summed E-state index contributed by atoms with van der Waals surface area (Å²) in [5, 5.41) is 2.80. The number of thiophene rings is 1. The van der Waals surface area contributed by atoms with Gasteiger partial charge in [0.25, 0.3) is 5.91 Å². The molecule has 1 aliphatic rings. The molecule has 1 aromatic rings. The van der Waals surface area contributed by atoms with E-state index in [2.05, 4.69) is 5.32 Å². The van der Waals surface area contributed by atoms with E-state index >= 15 is 0 Å². The number of nitrogens with one attached hydrogen (secondary N) is 1. The standard InChI is InChI=1S/C11H14ClNOS/c12-5-6-13-11(14)10-7-8-3-1-2-4-9(8)15-10/h7H,1-6H2,(H,13,14). The molecule has 4 heteroatoms. The van der Waals surface area contributed by atoms with E-state index in [1.165, 1.54) is 23.3 Å². The van der Waals surface area contributed by atoms with Gasteiger partial charge in [-0.05, 0) is 37.3 Å². The van der Waals surface area contributed by atoms with Crippen LogP contribution in [0.5, 0.6) is 0 Å². The third-order valence-corrected chi connectivity index (χ3v) is 4.03. The SMILES string of the molecule is O=C(NCCCl)c1cc2c(s1)CCCC2. The predicted molar refractivity (Wildman–Crippen MR) is 64.0 cm³/mol. The Kier molecular flexibility index (Phi) is 3.65. The number of hydrogen-bond donors (Lipinski definition) is 1. The molecular weight excluding hydrogens is 230 g/mol. The maximum atomic E-state index is 11.7. The van der Waals surface area contributed by atoms with Crippen LogP contribution in [-0.4, -0.2) is 18.3 Å². The number of carbonyl (C=O) groups is 1. The van der Waals surface area contributed by atoms with E-state index in [-0.39, 0.29) is 5.91 Å². The molecule has 0 saturated heterocycles. The largest absolute Gasteiger partial charge is 0.350 e. The highest BCUT2D eigenvalue weighted by Crippen LogP contribution is 2.29. The monoisotopic (exact) mass is 243 g/mol. The van der Waals surface area contributed by atoms with Crippen LogP contribution in [0.25, 0.3) is 0 Å². The lowest BCUT2D eigenvalue weighted by Gasteiger charge is -2.08. The lowest BCUT2D eigenvalue weighted by atomic mass is 9.99. The summed E-state index contributed by atoms with van der Waals surface area (Å²) in [5.74, 6) is 0.492. The van der Waals surface area contributed by atoms with Gasteiger partial charge in [0.2, 0.25) is 0 Å². The zero-order chi connectivity index (χ0) is 10.7. The summed E-state index contributed by atoms with van der Waals surface area (Å²) in [7, 11) is 0. The molecule has 0 fully saturated rings. The topological polar surface area (TPSA) is 29.1 Å². The van der Waals surface area contributed by atoms with Crippen LogP contribution in [-0.2, 0) is 12.8 Å². The number of halogens is 1. The van der Waals surface area contributed by atoms with Gasteiger partial charge in [-0.15, -0.1) is 22.9 Å². The molecule has 0 bridgehead atoms. The van der Waals surface area contributed by atoms with Crippen molar-refractivity contribution in [2.24, 2.45) is 0 Å². The van der Waals surface area contributed by atoms with Crippen LogP contribution in [0.1, 0.15) is 33.0 Å². The second kappa shape index (κ2) is 4.99. The first kappa shape index (κ1) is 11.0. The van der Waals surface area contributed by atoms with Gasteiger partial charge in [-0.2, -0.15) is 0 Å². The molecule has 1 heterocycles. The van der Waals surface area contributed by atoms with Crippen LogP contribution in [0, 0.1) is 0 Å². The van der Waals surface area contributed by atoms with E-state index in [9.17, 15) is 4.79 Å². The van der Waals surface area contributed by atoms with Gasteiger partial charge in [-0.1, -0.05) is 0 Å². The van der Waals surface area contributed by atoms with Crippen molar-refractivity contribution in [3.8, 4) is 0 Å². The Bertz CT molecular complexity index is 338. The van der Waals surface area contributed by atoms with Gasteiger partial charge in [0.05, 0.1) is 4.88 Å². The summed E-state index contributed by atoms with van der Waals surface area (Å²) in [6.45, 7) is 0.545. The summed E-state index contributed by atoms with van der Waals surface area (Å²) in [6, 6.07) is 2.04. The van der Waals surface area contributed by atoms with Crippen molar-refractivity contribution in [1.82, 2.24) is 5.32 Å². The Morgan fingerprint density at radius 3 is 3.00 bits per heavy atom. The zero-order valence-corrected chi connectivity index (χ0v) is 10.1. The number of hydrogen-bond acceptors (Lipinski definition) is 2. The molecule has 1 amide bonds. The molecule has 82 valence electrons. The van der Waals surface area contributed by atoms with Gasteiger partial charge in [0.15, 0.2) is 0 Å². The quantitative estimate of drug-likeness (QED) is 0.813. The van der Waals surface area contributed by atoms with Gasteiger partial charge in [0, 0.05) is 17.3 Å². The third kappa shape index (κ3) is 2.52. The lowest BCUT2D eigenvalue weighted by molar-refractivity contribution is 0.0960. The number of carbonyl (C=O) groups excluding carboxylic acids is 1. The molecule has 0 saturated carbocycles. The van der Waals surface area contributed by atoms with E-state index in [4.69, 9.17) is 11.6 Å². The molecule has 1 N–H and O–H groups in total. The fraction of sp³-hybridized carbons (Fsp3) is 0.545. The van der Waals surface area contributed by atoms with Gasteiger partial charge < -0.3 is 5.32 Å². The molecule has 2 rings (SSSR count). The highest BCUT2D eigenvalue weighted by Gasteiger charge is 2.16. The van der Waals surface area contributed by atoms with Crippen LogP contribution < -0.4 is 5.32 Å². The van der Waals surface area contributed by atoms with Crippen LogP contribution in [0.15, 0.2) is 6.07 Å². The second-order valence-corrected chi connectivity index (χ2v) is 5.23. The lowest BCUT2D eigenvalue weighted by Crippen LogP contribution is -2.24. The second-order valence-electron chi connectivity index (χ2n) is 3.71. The molecule has 1 aliphatic carbocycles. The molecule has 0 unspecified atom stereocenters. The van der Waals surface area contributed by atoms with Gasteiger partial charge in [-0.3, -0.25) is 4.79 Å². The molecule has 0 spiro atoms. The maximum Gasteiger partial charge on any atom is 0.261 e. The van der Waals surface area contributed by atoms with Crippen molar-refractivity contribution in [2.75, 3.05) is 12.4 Å². The van der Waals surface area contributed by atoms with Crippen LogP contribution in [0.2, 0.25) is 0 Å². The van der Waals surface area contributed by atoms with Crippen molar-refractivity contribution in [2.45, 2.75) is 25.7 Å². The van der Waals surface area contributed by atoms with Crippen LogP contribution in [0.3, 0.4) is 0 Å². The summed E-state index contributed by atoms with van der Waals surface area (Å²) in [5.41, 5.74) is 1.38. The third-order valence-electron chi connectivity index (χ3n) is 2.60. The normalized spacial score (nSPS) is 14.7. The Hall–Kier alpha value is -0.540. The molecule has 15 heavy (non-hydrogen) atoms. The molecule has 0 atom stereocenters. The Morgan fingerprint density at radius 2 is 2.27 bits per heavy atom. The number of aryl methyl sites for hydroxylation is 2. The fourth-order valence-corrected chi connectivity index (χ4v) is 3.11. The van der Waals surface area contributed by atoms with E-state index in [0.717, 1.165) is 17.7 Å². The van der Waals surface area contributed by atoms with Crippen molar-refractivity contribution >= 4 is 28.8 Å². The number of amides is 1. The van der Waals surface area contributed by atoms with E-state index in [1.807, 2.05) is 6.07 Å². The average Bonchev–Trinajstić information content (AvgIpc) is 2.69. The maximum absolute atomic E-state index is 11.7. The van der Waals surface area contributed by atoms with Crippen molar-refractivity contribution in [3.05, 3.63) is 21.4 Å². The van der Waals surface area contributed by atoms with Crippen molar-refractivity contribution < 1.29 is 4.79 Å². The minimum atomic E-state index is 0.0232. The summed E-state index contributed by atoms with van der Waals surface area (Å²) >= 11 is 7.16. The minimum Gasteiger partial charge on any atom is -0.350 e. The highest BCUT2D eigenvalue weighted by atomic mass is 35.5. The van der Waals surface area contributed by atoms with E-state index < -0.39 is 0 Å². The first-order valence-electron chi connectivity index (χ1n) is 5.27. The Labute approximate surface area is 98.6 Å². The highest BCUT2D eigenvalue weighted by molar-refractivity contribution is 7.14.